The van der Waals surface area contributed by atoms with E-state index in [9.17, 15) is 19.8 Å². The Bertz CT molecular complexity index is 1190. The third-order valence-corrected chi connectivity index (χ3v) is 7.00. The third kappa shape index (κ3) is 3.88. The molecule has 0 spiro atoms. The van der Waals surface area contributed by atoms with Crippen molar-refractivity contribution in [2.75, 3.05) is 0 Å². The molecule has 0 radical (unpaired) electrons. The molecule has 0 bridgehead atoms. The third-order valence-electron chi connectivity index (χ3n) is 7.00. The molecule has 1 saturated carbocycles. The van der Waals surface area contributed by atoms with Crippen LogP contribution in [0, 0.1) is 0 Å². The van der Waals surface area contributed by atoms with Gasteiger partial charge in [-0.1, -0.05) is 84.9 Å². The lowest BCUT2D eigenvalue weighted by Gasteiger charge is -2.54. The van der Waals surface area contributed by atoms with Crippen molar-refractivity contribution in [1.82, 2.24) is 0 Å². The van der Waals surface area contributed by atoms with Crippen LogP contribution < -0.4 is 0 Å². The first-order chi connectivity index (χ1) is 16.5. The number of carboxylic acids is 2. The van der Waals surface area contributed by atoms with Gasteiger partial charge in [-0.05, 0) is 70.2 Å². The van der Waals surface area contributed by atoms with Crippen LogP contribution >= 0.6 is 0 Å². The first-order valence-electron chi connectivity index (χ1n) is 11.3. The summed E-state index contributed by atoms with van der Waals surface area (Å²) in [6.07, 6.45) is 0. The van der Waals surface area contributed by atoms with Gasteiger partial charge in [0.1, 0.15) is 0 Å². The summed E-state index contributed by atoms with van der Waals surface area (Å²) in [5.74, 6) is -1.26. The predicted octanol–water partition coefficient (Wildman–Crippen LogP) is 6.53. The van der Waals surface area contributed by atoms with Gasteiger partial charge in [0, 0.05) is 0 Å². The Hall–Kier alpha value is -4.18. The van der Waals surface area contributed by atoms with Crippen LogP contribution in [0.4, 0.5) is 0 Å². The van der Waals surface area contributed by atoms with Crippen LogP contribution in [-0.2, 0) is 0 Å². The number of hydrogen-bond donors (Lipinski definition) is 2. The molecule has 0 saturated heterocycles. The molecule has 168 valence electrons. The van der Waals surface area contributed by atoms with E-state index in [4.69, 9.17) is 0 Å². The lowest BCUT2D eigenvalue weighted by molar-refractivity contribution is 0.0686. The lowest BCUT2D eigenvalue weighted by atomic mass is 9.49. The highest BCUT2D eigenvalue weighted by atomic mass is 16.4. The van der Waals surface area contributed by atoms with Gasteiger partial charge in [-0.15, -0.1) is 0 Å². The molecule has 34 heavy (non-hydrogen) atoms. The van der Waals surface area contributed by atoms with Crippen molar-refractivity contribution < 1.29 is 19.8 Å². The predicted molar refractivity (Wildman–Crippen MR) is 131 cm³/mol. The summed E-state index contributed by atoms with van der Waals surface area (Å²) >= 11 is 0. The molecule has 1 aliphatic rings. The number of hydrogen-bond acceptors (Lipinski definition) is 2. The molecule has 5 rings (SSSR count). The van der Waals surface area contributed by atoms with Gasteiger partial charge < -0.3 is 10.2 Å². The van der Waals surface area contributed by atoms with Gasteiger partial charge in [0.05, 0.1) is 11.1 Å². The maximum absolute atomic E-state index is 11.4. The van der Waals surface area contributed by atoms with Crippen LogP contribution in [0.1, 0.15) is 66.6 Å². The van der Waals surface area contributed by atoms with Crippen molar-refractivity contribution in [2.45, 2.75) is 23.7 Å². The zero-order valence-corrected chi connectivity index (χ0v) is 18.4. The van der Waals surface area contributed by atoms with Gasteiger partial charge >= 0.3 is 11.9 Å². The average molecular weight is 449 g/mol. The van der Waals surface area contributed by atoms with Gasteiger partial charge in [-0.25, -0.2) is 9.59 Å². The molecule has 4 aromatic carbocycles. The first kappa shape index (κ1) is 21.7. The van der Waals surface area contributed by atoms with Crippen LogP contribution in [0.3, 0.4) is 0 Å². The van der Waals surface area contributed by atoms with Crippen LogP contribution in [0.25, 0.3) is 0 Å². The fraction of sp³-hybridized carbons (Fsp3) is 0.133. The van der Waals surface area contributed by atoms with E-state index >= 15 is 0 Å². The Morgan fingerprint density at radius 1 is 0.412 bits per heavy atom. The Kier molecular flexibility index (Phi) is 5.72. The highest BCUT2D eigenvalue weighted by molar-refractivity contribution is 5.88. The Morgan fingerprint density at radius 3 is 0.941 bits per heavy atom. The second-order valence-electron chi connectivity index (χ2n) is 8.78. The molecular weight excluding hydrogens is 424 g/mol. The molecule has 0 heterocycles. The number of rotatable bonds is 6. The summed E-state index contributed by atoms with van der Waals surface area (Å²) in [4.78, 5) is 22.8. The summed E-state index contributed by atoms with van der Waals surface area (Å²) in [5, 5.41) is 18.7. The number of carboxylic acid groups (broad SMARTS) is 2. The smallest absolute Gasteiger partial charge is 0.335 e. The molecule has 0 unspecified atom stereocenters. The van der Waals surface area contributed by atoms with Crippen molar-refractivity contribution in [3.8, 4) is 0 Å². The van der Waals surface area contributed by atoms with Crippen LogP contribution in [0.2, 0.25) is 0 Å². The fourth-order valence-electron chi connectivity index (χ4n) is 5.45. The molecule has 0 aromatic heterocycles. The Morgan fingerprint density at radius 2 is 0.676 bits per heavy atom. The Balaban J connectivity index is 1.65. The first-order valence-corrected chi connectivity index (χ1v) is 11.3. The normalized spacial score (nSPS) is 21.4. The van der Waals surface area contributed by atoms with E-state index in [2.05, 4.69) is 48.5 Å². The minimum absolute atomic E-state index is 0.117. The average Bonchev–Trinajstić information content (AvgIpc) is 2.85. The number of aromatic carboxylic acids is 2. The van der Waals surface area contributed by atoms with Crippen LogP contribution in [0.5, 0.6) is 0 Å². The highest BCUT2D eigenvalue weighted by Crippen LogP contribution is 2.66. The summed E-state index contributed by atoms with van der Waals surface area (Å²) < 4.78 is 0. The largest absolute Gasteiger partial charge is 0.478 e. The highest BCUT2D eigenvalue weighted by Gasteiger charge is 2.52. The van der Waals surface area contributed by atoms with Crippen molar-refractivity contribution in [1.29, 1.82) is 0 Å². The second-order valence-corrected chi connectivity index (χ2v) is 8.78. The molecule has 1 aliphatic carbocycles. The molecule has 0 amide bonds. The van der Waals surface area contributed by atoms with E-state index in [1.165, 1.54) is 11.1 Å². The summed E-state index contributed by atoms with van der Waals surface area (Å²) in [6, 6.07) is 35.2. The van der Waals surface area contributed by atoms with Gasteiger partial charge in [-0.3, -0.25) is 0 Å². The molecular formula is C30H24O4. The van der Waals surface area contributed by atoms with E-state index < -0.39 is 11.9 Å². The van der Waals surface area contributed by atoms with E-state index in [-0.39, 0.29) is 34.8 Å². The fourth-order valence-corrected chi connectivity index (χ4v) is 5.45. The van der Waals surface area contributed by atoms with Gasteiger partial charge in [0.25, 0.3) is 0 Å². The molecule has 2 N–H and O–H groups in total. The van der Waals surface area contributed by atoms with E-state index in [0.717, 1.165) is 11.1 Å². The van der Waals surface area contributed by atoms with E-state index in [0.29, 0.717) is 0 Å². The van der Waals surface area contributed by atoms with Crippen molar-refractivity contribution in [2.24, 2.45) is 0 Å². The van der Waals surface area contributed by atoms with Crippen LogP contribution in [-0.4, -0.2) is 22.2 Å². The van der Waals surface area contributed by atoms with Gasteiger partial charge in [0.2, 0.25) is 0 Å². The molecule has 0 aliphatic heterocycles. The van der Waals surface area contributed by atoms with E-state index in [1.54, 1.807) is 24.3 Å². The lowest BCUT2D eigenvalue weighted by Crippen LogP contribution is -2.40. The zero-order chi connectivity index (χ0) is 23.7. The van der Waals surface area contributed by atoms with Crippen molar-refractivity contribution in [3.05, 3.63) is 143 Å². The maximum Gasteiger partial charge on any atom is 0.335 e. The number of carbonyl (C=O) groups is 2. The SMILES string of the molecule is O=C(O)c1ccc([C@@H]2[C@@H](c3ccccc3)[C@@H](c3ccccc3)[C@@H]2c2ccc(C(=O)O)cc2)cc1. The zero-order valence-electron chi connectivity index (χ0n) is 18.4. The maximum atomic E-state index is 11.4. The Labute approximate surface area is 198 Å². The topological polar surface area (TPSA) is 74.6 Å². The molecule has 4 aromatic rings. The minimum Gasteiger partial charge on any atom is -0.478 e. The standard InChI is InChI=1S/C30H24O4/c31-29(32)23-15-11-21(12-16-23)27-25(19-7-3-1-4-8-19)26(20-9-5-2-6-10-20)28(27)22-13-17-24(18-14-22)30(33)34/h1-18,25-28H,(H,31,32)(H,33,34)/t25-,26+,27+,28-. The summed E-state index contributed by atoms with van der Waals surface area (Å²) in [7, 11) is 0. The molecule has 4 nitrogen and oxygen atoms in total. The van der Waals surface area contributed by atoms with Gasteiger partial charge in [-0.2, -0.15) is 0 Å². The quantitative estimate of drug-likeness (QED) is 0.352. The van der Waals surface area contributed by atoms with Crippen LogP contribution in [0.15, 0.2) is 109 Å². The molecule has 1 fully saturated rings. The summed E-state index contributed by atoms with van der Waals surface area (Å²) in [6.45, 7) is 0. The van der Waals surface area contributed by atoms with Gasteiger partial charge in [0.15, 0.2) is 0 Å². The molecule has 4 atom stereocenters. The van der Waals surface area contributed by atoms with Crippen molar-refractivity contribution in [3.63, 3.8) is 0 Å². The number of benzene rings is 4. The minimum atomic E-state index is -0.942. The summed E-state index contributed by atoms with van der Waals surface area (Å²) in [5.41, 5.74) is 5.17. The second kappa shape index (κ2) is 8.99. The van der Waals surface area contributed by atoms with E-state index in [1.807, 2.05) is 36.4 Å². The molecule has 4 heteroatoms. The monoisotopic (exact) mass is 448 g/mol. The van der Waals surface area contributed by atoms with Crippen molar-refractivity contribution >= 4 is 11.9 Å².